The van der Waals surface area contributed by atoms with Crippen LogP contribution in [0.4, 0.5) is 5.69 Å². The fourth-order valence-electron chi connectivity index (χ4n) is 3.11. The first-order valence-corrected chi connectivity index (χ1v) is 10.3. The Morgan fingerprint density at radius 3 is 2.50 bits per heavy atom. The van der Waals surface area contributed by atoms with E-state index in [1.807, 2.05) is 0 Å². The zero-order valence-electron chi connectivity index (χ0n) is 16.9. The van der Waals surface area contributed by atoms with Gasteiger partial charge in [-0.05, 0) is 54.6 Å². The second-order valence-corrected chi connectivity index (χ2v) is 7.62. The van der Waals surface area contributed by atoms with E-state index in [9.17, 15) is 9.59 Å². The minimum absolute atomic E-state index is 0.127. The first-order chi connectivity index (χ1) is 15.5. The molecule has 0 bridgehead atoms. The van der Waals surface area contributed by atoms with Crippen molar-refractivity contribution in [1.82, 2.24) is 0 Å². The van der Waals surface area contributed by atoms with Crippen LogP contribution in [0, 0.1) is 0 Å². The van der Waals surface area contributed by atoms with E-state index in [4.69, 9.17) is 37.1 Å². The lowest BCUT2D eigenvalue weighted by Crippen LogP contribution is -2.22. The zero-order chi connectivity index (χ0) is 22.7. The highest BCUT2D eigenvalue weighted by molar-refractivity contribution is 6.33. The number of hydrogen-bond acceptors (Lipinski definition) is 5. The topological polar surface area (TPSA) is 77.8 Å². The normalized spacial score (nSPS) is 10.7. The molecule has 8 heteroatoms. The predicted molar refractivity (Wildman–Crippen MR) is 125 cm³/mol. The Morgan fingerprint density at radius 2 is 1.78 bits per heavy atom. The molecule has 4 aromatic rings. The molecule has 0 spiro atoms. The molecule has 1 amide bonds. The molecule has 0 aliphatic rings. The predicted octanol–water partition coefficient (Wildman–Crippen LogP) is 5.79. The Bertz CT molecular complexity index is 1350. The van der Waals surface area contributed by atoms with Gasteiger partial charge in [-0.2, -0.15) is 0 Å². The number of fused-ring (bicyclic) bond motifs is 1. The average molecular weight is 470 g/mol. The van der Waals surface area contributed by atoms with Gasteiger partial charge >= 0.3 is 0 Å². The molecule has 32 heavy (non-hydrogen) atoms. The molecule has 0 saturated heterocycles. The summed E-state index contributed by atoms with van der Waals surface area (Å²) in [5.74, 6) is 0.215. The molecular formula is C24H17Cl2NO5. The molecule has 1 aromatic heterocycles. The molecule has 1 heterocycles. The number of anilines is 1. The molecule has 0 aliphatic carbocycles. The molecule has 0 aliphatic heterocycles. The molecule has 0 fully saturated rings. The van der Waals surface area contributed by atoms with Gasteiger partial charge in [-0.3, -0.25) is 9.59 Å². The fourth-order valence-corrected chi connectivity index (χ4v) is 3.51. The lowest BCUT2D eigenvalue weighted by Gasteiger charge is -2.13. The lowest BCUT2D eigenvalue weighted by atomic mass is 10.1. The summed E-state index contributed by atoms with van der Waals surface area (Å²) in [5.41, 5.74) is 0.891. The van der Waals surface area contributed by atoms with Crippen molar-refractivity contribution in [3.63, 3.8) is 0 Å². The SMILES string of the molecule is COc1ccc(NC(=O)COc2c(-c3ccccc3Cl)oc3ccc(Cl)cc3c2=O)cc1. The molecule has 3 aromatic carbocycles. The summed E-state index contributed by atoms with van der Waals surface area (Å²) in [5, 5.41) is 3.68. The molecule has 0 atom stereocenters. The number of carbonyl (C=O) groups is 1. The van der Waals surface area contributed by atoms with Crippen molar-refractivity contribution in [2.24, 2.45) is 0 Å². The van der Waals surface area contributed by atoms with Gasteiger partial charge in [0.15, 0.2) is 12.4 Å². The van der Waals surface area contributed by atoms with Gasteiger partial charge < -0.3 is 19.2 Å². The van der Waals surface area contributed by atoms with Crippen LogP contribution in [-0.2, 0) is 4.79 Å². The highest BCUT2D eigenvalue weighted by Gasteiger charge is 2.20. The number of methoxy groups -OCH3 is 1. The van der Waals surface area contributed by atoms with Crippen LogP contribution in [0.25, 0.3) is 22.3 Å². The first-order valence-electron chi connectivity index (χ1n) is 9.54. The van der Waals surface area contributed by atoms with Crippen molar-refractivity contribution >= 4 is 45.8 Å². The van der Waals surface area contributed by atoms with Gasteiger partial charge in [-0.15, -0.1) is 0 Å². The average Bonchev–Trinajstić information content (AvgIpc) is 2.79. The smallest absolute Gasteiger partial charge is 0.262 e. The van der Waals surface area contributed by atoms with E-state index in [0.29, 0.717) is 32.6 Å². The molecule has 1 N–H and O–H groups in total. The maximum Gasteiger partial charge on any atom is 0.262 e. The Morgan fingerprint density at radius 1 is 1.03 bits per heavy atom. The highest BCUT2D eigenvalue weighted by Crippen LogP contribution is 2.35. The second-order valence-electron chi connectivity index (χ2n) is 6.78. The summed E-state index contributed by atoms with van der Waals surface area (Å²) < 4.78 is 16.7. The van der Waals surface area contributed by atoms with Crippen LogP contribution in [0.2, 0.25) is 10.0 Å². The number of rotatable bonds is 6. The van der Waals surface area contributed by atoms with Crippen molar-refractivity contribution in [2.45, 2.75) is 0 Å². The number of amides is 1. The van der Waals surface area contributed by atoms with Crippen LogP contribution in [0.1, 0.15) is 0 Å². The fraction of sp³-hybridized carbons (Fsp3) is 0.0833. The molecule has 6 nitrogen and oxygen atoms in total. The van der Waals surface area contributed by atoms with Crippen LogP contribution in [0.3, 0.4) is 0 Å². The van der Waals surface area contributed by atoms with Crippen molar-refractivity contribution in [2.75, 3.05) is 19.0 Å². The maximum absolute atomic E-state index is 13.2. The van der Waals surface area contributed by atoms with E-state index in [-0.39, 0.29) is 16.9 Å². The first kappa shape index (κ1) is 21.7. The molecular weight excluding hydrogens is 453 g/mol. The third-order valence-corrected chi connectivity index (χ3v) is 5.22. The van der Waals surface area contributed by atoms with Crippen LogP contribution < -0.4 is 20.2 Å². The summed E-state index contributed by atoms with van der Waals surface area (Å²) in [6.45, 7) is -0.416. The Hall–Kier alpha value is -3.48. The molecule has 4 rings (SSSR count). The van der Waals surface area contributed by atoms with E-state index < -0.39 is 17.9 Å². The van der Waals surface area contributed by atoms with Gasteiger partial charge in [-0.1, -0.05) is 35.3 Å². The minimum atomic E-state index is -0.457. The summed E-state index contributed by atoms with van der Waals surface area (Å²) in [4.78, 5) is 25.6. The number of benzene rings is 3. The quantitative estimate of drug-likeness (QED) is 0.386. The third kappa shape index (κ3) is 4.56. The van der Waals surface area contributed by atoms with Crippen molar-refractivity contribution in [1.29, 1.82) is 0 Å². The molecule has 0 saturated carbocycles. The summed E-state index contributed by atoms with van der Waals surface area (Å²) in [7, 11) is 1.56. The minimum Gasteiger partial charge on any atom is -0.497 e. The van der Waals surface area contributed by atoms with E-state index >= 15 is 0 Å². The van der Waals surface area contributed by atoms with Crippen LogP contribution in [-0.4, -0.2) is 19.6 Å². The molecule has 0 unspecified atom stereocenters. The summed E-state index contributed by atoms with van der Waals surface area (Å²) >= 11 is 12.4. The number of ether oxygens (including phenoxy) is 2. The van der Waals surface area contributed by atoms with Gasteiger partial charge in [0.1, 0.15) is 11.3 Å². The highest BCUT2D eigenvalue weighted by atomic mass is 35.5. The Labute approximate surface area is 193 Å². The van der Waals surface area contributed by atoms with Gasteiger partial charge in [0.05, 0.1) is 17.5 Å². The van der Waals surface area contributed by atoms with Crippen LogP contribution >= 0.6 is 23.2 Å². The number of hydrogen-bond donors (Lipinski definition) is 1. The lowest BCUT2D eigenvalue weighted by molar-refractivity contribution is -0.118. The van der Waals surface area contributed by atoms with E-state index in [2.05, 4.69) is 5.32 Å². The number of carbonyl (C=O) groups excluding carboxylic acids is 1. The maximum atomic E-state index is 13.2. The standard InChI is InChI=1S/C24H17Cl2NO5/c1-30-16-9-7-15(8-10-16)27-21(28)13-31-24-22(29)18-12-14(25)6-11-20(18)32-23(24)17-4-2-3-5-19(17)26/h2-12H,13H2,1H3,(H,27,28). The van der Waals surface area contributed by atoms with Crippen LogP contribution in [0.15, 0.2) is 75.9 Å². The van der Waals surface area contributed by atoms with Crippen molar-refractivity contribution in [3.05, 3.63) is 87.0 Å². The van der Waals surface area contributed by atoms with Crippen LogP contribution in [0.5, 0.6) is 11.5 Å². The largest absolute Gasteiger partial charge is 0.497 e. The van der Waals surface area contributed by atoms with Crippen molar-refractivity contribution < 1.29 is 18.7 Å². The second kappa shape index (κ2) is 9.34. The van der Waals surface area contributed by atoms with Gasteiger partial charge in [0.25, 0.3) is 5.91 Å². The van der Waals surface area contributed by atoms with Gasteiger partial charge in [0, 0.05) is 16.3 Å². The summed E-state index contributed by atoms with van der Waals surface area (Å²) in [6.07, 6.45) is 0. The van der Waals surface area contributed by atoms with Gasteiger partial charge in [-0.25, -0.2) is 0 Å². The molecule has 0 radical (unpaired) electrons. The Kier molecular flexibility index (Phi) is 6.35. The number of nitrogens with one attached hydrogen (secondary N) is 1. The third-order valence-electron chi connectivity index (χ3n) is 4.65. The summed E-state index contributed by atoms with van der Waals surface area (Å²) in [6, 6.07) is 18.4. The molecule has 162 valence electrons. The van der Waals surface area contributed by atoms with E-state index in [1.54, 1.807) is 67.8 Å². The monoisotopic (exact) mass is 469 g/mol. The van der Waals surface area contributed by atoms with E-state index in [1.165, 1.54) is 6.07 Å². The van der Waals surface area contributed by atoms with Gasteiger partial charge in [0.2, 0.25) is 11.2 Å². The van der Waals surface area contributed by atoms with E-state index in [0.717, 1.165) is 0 Å². The number of halogens is 2. The van der Waals surface area contributed by atoms with Crippen molar-refractivity contribution in [3.8, 4) is 22.8 Å². The zero-order valence-corrected chi connectivity index (χ0v) is 18.4. The Balaban J connectivity index is 1.67.